The predicted molar refractivity (Wildman–Crippen MR) is 116 cm³/mol. The first-order valence-corrected chi connectivity index (χ1v) is 9.97. The van der Waals surface area contributed by atoms with Crippen LogP contribution in [0.5, 0.6) is 0 Å². The van der Waals surface area contributed by atoms with E-state index in [0.29, 0.717) is 22.1 Å². The van der Waals surface area contributed by atoms with Crippen LogP contribution in [-0.4, -0.2) is 27.5 Å². The maximum atomic E-state index is 12.3. The maximum absolute atomic E-state index is 12.3. The van der Waals surface area contributed by atoms with Gasteiger partial charge in [0.25, 0.3) is 11.6 Å². The Balaban J connectivity index is 1.56. The molecule has 3 rings (SSSR count). The van der Waals surface area contributed by atoms with Crippen molar-refractivity contribution in [2.45, 2.75) is 4.90 Å². The number of aromatic nitrogens is 1. The van der Waals surface area contributed by atoms with Gasteiger partial charge in [-0.1, -0.05) is 17.7 Å². The third-order valence-corrected chi connectivity index (χ3v) is 5.01. The molecular weight excluding hydrogens is 428 g/mol. The number of halogens is 1. The molecule has 0 aliphatic rings. The van der Waals surface area contributed by atoms with Gasteiger partial charge in [-0.2, -0.15) is 0 Å². The highest BCUT2D eigenvalue weighted by atomic mass is 35.5. The molecular formula is C20H15ClN4O4S. The van der Waals surface area contributed by atoms with E-state index in [-0.39, 0.29) is 17.3 Å². The largest absolute Gasteiger partial charge is 0.322 e. The van der Waals surface area contributed by atoms with Crippen LogP contribution in [0.4, 0.5) is 17.2 Å². The first kappa shape index (κ1) is 21.3. The van der Waals surface area contributed by atoms with Gasteiger partial charge in [-0.25, -0.2) is 4.98 Å². The molecule has 0 aliphatic carbocycles. The molecule has 8 nitrogen and oxygen atoms in total. The Hall–Kier alpha value is -3.43. The van der Waals surface area contributed by atoms with Crippen molar-refractivity contribution in [1.82, 2.24) is 4.98 Å². The molecule has 0 bridgehead atoms. The van der Waals surface area contributed by atoms with Crippen LogP contribution in [0.1, 0.15) is 10.4 Å². The number of thioether (sulfide) groups is 1. The minimum absolute atomic E-state index is 0.0861. The highest BCUT2D eigenvalue weighted by molar-refractivity contribution is 8.00. The van der Waals surface area contributed by atoms with Crippen molar-refractivity contribution in [3.8, 4) is 0 Å². The molecule has 30 heavy (non-hydrogen) atoms. The first-order valence-electron chi connectivity index (χ1n) is 8.61. The average Bonchev–Trinajstić information content (AvgIpc) is 2.74. The zero-order valence-corrected chi connectivity index (χ0v) is 16.9. The monoisotopic (exact) mass is 442 g/mol. The first-order chi connectivity index (χ1) is 14.4. The number of carbonyl (C=O) groups excluding carboxylic acids is 2. The van der Waals surface area contributed by atoms with Crippen molar-refractivity contribution < 1.29 is 14.5 Å². The number of benzene rings is 2. The lowest BCUT2D eigenvalue weighted by Gasteiger charge is -2.08. The van der Waals surface area contributed by atoms with E-state index in [0.717, 1.165) is 4.90 Å². The van der Waals surface area contributed by atoms with E-state index in [1.165, 1.54) is 42.2 Å². The van der Waals surface area contributed by atoms with Gasteiger partial charge in [0.05, 0.1) is 15.7 Å². The average molecular weight is 443 g/mol. The van der Waals surface area contributed by atoms with Crippen LogP contribution >= 0.6 is 23.4 Å². The molecule has 0 saturated heterocycles. The highest BCUT2D eigenvalue weighted by Crippen LogP contribution is 2.23. The number of anilines is 2. The second-order valence-electron chi connectivity index (χ2n) is 5.98. The number of nitrogens with one attached hydrogen (secondary N) is 2. The zero-order chi connectivity index (χ0) is 21.5. The van der Waals surface area contributed by atoms with Crippen molar-refractivity contribution in [1.29, 1.82) is 0 Å². The molecule has 0 aliphatic heterocycles. The normalized spacial score (nSPS) is 10.3. The molecule has 0 radical (unpaired) electrons. The molecule has 0 fully saturated rings. The highest BCUT2D eigenvalue weighted by Gasteiger charge is 2.10. The minimum Gasteiger partial charge on any atom is -0.322 e. The number of carbonyl (C=O) groups is 2. The smallest absolute Gasteiger partial charge is 0.269 e. The van der Waals surface area contributed by atoms with E-state index in [1.54, 1.807) is 30.3 Å². The number of non-ortho nitro benzene ring substituents is 1. The number of pyridine rings is 1. The number of nitro groups is 1. The number of amides is 2. The number of nitro benzene ring substituents is 1. The summed E-state index contributed by atoms with van der Waals surface area (Å²) in [6, 6.07) is 15.6. The van der Waals surface area contributed by atoms with Crippen molar-refractivity contribution in [2.75, 3.05) is 16.4 Å². The summed E-state index contributed by atoms with van der Waals surface area (Å²) in [6.07, 6.45) is 1.45. The van der Waals surface area contributed by atoms with Crippen LogP contribution in [0.2, 0.25) is 5.02 Å². The Morgan fingerprint density at radius 2 is 1.83 bits per heavy atom. The SMILES string of the molecule is O=C(CSc1cccc(NC(=O)c2ccc([N+](=O)[O-])cc2)c1)Nc1ccc(Cl)cn1. The van der Waals surface area contributed by atoms with Gasteiger partial charge in [-0.15, -0.1) is 11.8 Å². The molecule has 2 N–H and O–H groups in total. The van der Waals surface area contributed by atoms with Gasteiger partial charge in [0.1, 0.15) is 5.82 Å². The van der Waals surface area contributed by atoms with E-state index in [2.05, 4.69) is 15.6 Å². The molecule has 1 heterocycles. The molecule has 0 unspecified atom stereocenters. The van der Waals surface area contributed by atoms with E-state index < -0.39 is 10.8 Å². The summed E-state index contributed by atoms with van der Waals surface area (Å²) in [5.74, 6) is -0.0489. The van der Waals surface area contributed by atoms with Gasteiger partial charge >= 0.3 is 0 Å². The standard InChI is InChI=1S/C20H15ClN4O4S/c21-14-6-9-18(22-11-14)24-19(26)12-30-17-3-1-2-15(10-17)23-20(27)13-4-7-16(8-5-13)25(28)29/h1-11H,12H2,(H,23,27)(H,22,24,26). The minimum atomic E-state index is -0.526. The van der Waals surface area contributed by atoms with Gasteiger partial charge < -0.3 is 10.6 Å². The Morgan fingerprint density at radius 3 is 2.50 bits per heavy atom. The predicted octanol–water partition coefficient (Wildman–Crippen LogP) is 4.63. The number of hydrogen-bond acceptors (Lipinski definition) is 6. The lowest BCUT2D eigenvalue weighted by atomic mass is 10.2. The molecule has 10 heteroatoms. The second-order valence-corrected chi connectivity index (χ2v) is 7.47. The third kappa shape index (κ3) is 6.03. The molecule has 0 atom stereocenters. The topological polar surface area (TPSA) is 114 Å². The van der Waals surface area contributed by atoms with Crippen molar-refractivity contribution in [2.24, 2.45) is 0 Å². The molecule has 0 saturated carbocycles. The van der Waals surface area contributed by atoms with Crippen LogP contribution in [-0.2, 0) is 4.79 Å². The Kier molecular flexibility index (Phi) is 6.99. The summed E-state index contributed by atoms with van der Waals surface area (Å²) in [7, 11) is 0. The van der Waals surface area contributed by atoms with E-state index in [1.807, 2.05) is 6.07 Å². The van der Waals surface area contributed by atoms with Crippen molar-refractivity contribution >= 4 is 52.4 Å². The number of rotatable bonds is 7. The van der Waals surface area contributed by atoms with E-state index >= 15 is 0 Å². The number of hydrogen-bond donors (Lipinski definition) is 2. The lowest BCUT2D eigenvalue weighted by molar-refractivity contribution is -0.384. The number of nitrogens with zero attached hydrogens (tertiary/aromatic N) is 2. The maximum Gasteiger partial charge on any atom is 0.269 e. The summed E-state index contributed by atoms with van der Waals surface area (Å²) < 4.78 is 0. The van der Waals surface area contributed by atoms with Crippen LogP contribution in [0, 0.1) is 10.1 Å². The lowest BCUT2D eigenvalue weighted by Crippen LogP contribution is -2.15. The van der Waals surface area contributed by atoms with Gasteiger partial charge in [0.15, 0.2) is 0 Å². The quantitative estimate of drug-likeness (QED) is 0.313. The Labute approximate surface area is 180 Å². The van der Waals surface area contributed by atoms with Gasteiger partial charge in [-0.3, -0.25) is 19.7 Å². The Morgan fingerprint density at radius 1 is 1.07 bits per heavy atom. The fraction of sp³-hybridized carbons (Fsp3) is 0.0500. The molecule has 2 aromatic carbocycles. The van der Waals surface area contributed by atoms with Crippen molar-refractivity contribution in [3.05, 3.63) is 87.6 Å². The summed E-state index contributed by atoms with van der Waals surface area (Å²) in [5, 5.41) is 16.6. The van der Waals surface area contributed by atoms with Gasteiger partial charge in [-0.05, 0) is 42.5 Å². The van der Waals surface area contributed by atoms with Crippen molar-refractivity contribution in [3.63, 3.8) is 0 Å². The van der Waals surface area contributed by atoms with E-state index in [4.69, 9.17) is 11.6 Å². The molecule has 0 spiro atoms. The summed E-state index contributed by atoms with van der Waals surface area (Å²) in [5.41, 5.74) is 0.758. The summed E-state index contributed by atoms with van der Waals surface area (Å²) in [6.45, 7) is 0. The molecule has 1 aromatic heterocycles. The second kappa shape index (κ2) is 9.86. The molecule has 2 amide bonds. The van der Waals surface area contributed by atoms with Crippen LogP contribution in [0.25, 0.3) is 0 Å². The van der Waals surface area contributed by atoms with Crippen LogP contribution in [0.3, 0.4) is 0 Å². The van der Waals surface area contributed by atoms with Crippen LogP contribution < -0.4 is 10.6 Å². The zero-order valence-electron chi connectivity index (χ0n) is 15.4. The fourth-order valence-electron chi connectivity index (χ4n) is 2.38. The summed E-state index contributed by atoms with van der Waals surface area (Å²) in [4.78, 5) is 39.4. The molecule has 3 aromatic rings. The van der Waals surface area contributed by atoms with Gasteiger partial charge in [0.2, 0.25) is 5.91 Å². The van der Waals surface area contributed by atoms with E-state index in [9.17, 15) is 19.7 Å². The van der Waals surface area contributed by atoms with Crippen LogP contribution in [0.15, 0.2) is 71.8 Å². The Bertz CT molecular complexity index is 1070. The van der Waals surface area contributed by atoms with Gasteiger partial charge in [0, 0.05) is 34.5 Å². The summed E-state index contributed by atoms with van der Waals surface area (Å²) >= 11 is 7.06. The molecule has 152 valence electrons. The third-order valence-electron chi connectivity index (χ3n) is 3.80. The fourth-order valence-corrected chi connectivity index (χ4v) is 3.25.